The third kappa shape index (κ3) is 6.02. The molecule has 0 radical (unpaired) electrons. The highest BCUT2D eigenvalue weighted by Crippen LogP contribution is 2.22. The molecule has 1 aliphatic rings. The zero-order chi connectivity index (χ0) is 20.6. The number of likely N-dealkylation sites (N-methyl/N-ethyl adjacent to an activating group) is 1. The molecule has 2 amide bonds. The fourth-order valence-electron chi connectivity index (χ4n) is 3.29. The van der Waals surface area contributed by atoms with Crippen LogP contribution in [-0.4, -0.2) is 62.0 Å². The molecular formula is C22H29N5O2. The third-order valence-corrected chi connectivity index (χ3v) is 4.95. The van der Waals surface area contributed by atoms with E-state index in [1.54, 1.807) is 6.07 Å². The Balaban J connectivity index is 1.59. The molecule has 0 aliphatic carbocycles. The Morgan fingerprint density at radius 3 is 2.45 bits per heavy atom. The number of anilines is 2. The number of piperidine rings is 1. The second-order valence-corrected chi connectivity index (χ2v) is 7.54. The lowest BCUT2D eigenvalue weighted by atomic mass is 10.1. The number of nitrogens with one attached hydrogen (secondary N) is 2. The van der Waals surface area contributed by atoms with Crippen LogP contribution in [0.3, 0.4) is 0 Å². The molecule has 1 aromatic carbocycles. The van der Waals surface area contributed by atoms with Crippen molar-refractivity contribution in [1.29, 1.82) is 0 Å². The number of hydrogen-bond acceptors (Lipinski definition) is 5. The van der Waals surface area contributed by atoms with Crippen LogP contribution < -0.4 is 15.5 Å². The molecule has 0 spiro atoms. The largest absolute Gasteiger partial charge is 0.372 e. The number of aromatic nitrogens is 1. The number of nitrogens with zero attached hydrogens (tertiary/aromatic N) is 3. The van der Waals surface area contributed by atoms with Crippen molar-refractivity contribution in [2.24, 2.45) is 0 Å². The van der Waals surface area contributed by atoms with Crippen LogP contribution in [0.15, 0.2) is 42.6 Å². The molecule has 2 N–H and O–H groups in total. The van der Waals surface area contributed by atoms with E-state index in [1.165, 1.54) is 37.2 Å². The van der Waals surface area contributed by atoms with Crippen LogP contribution in [0, 0.1) is 0 Å². The van der Waals surface area contributed by atoms with Gasteiger partial charge in [0.15, 0.2) is 0 Å². The predicted octanol–water partition coefficient (Wildman–Crippen LogP) is 2.62. The minimum Gasteiger partial charge on any atom is -0.372 e. The van der Waals surface area contributed by atoms with E-state index in [2.05, 4.69) is 20.5 Å². The van der Waals surface area contributed by atoms with Crippen LogP contribution in [-0.2, 0) is 0 Å². The van der Waals surface area contributed by atoms with Crippen LogP contribution in [0.25, 0.3) is 0 Å². The lowest BCUT2D eigenvalue weighted by Crippen LogP contribution is -2.31. The average molecular weight is 396 g/mol. The molecule has 7 nitrogen and oxygen atoms in total. The molecule has 0 atom stereocenters. The quantitative estimate of drug-likeness (QED) is 0.754. The summed E-state index contributed by atoms with van der Waals surface area (Å²) in [5.74, 6) is -0.548. The molecule has 0 unspecified atom stereocenters. The molecule has 0 bridgehead atoms. The van der Waals surface area contributed by atoms with Gasteiger partial charge in [-0.2, -0.15) is 0 Å². The van der Waals surface area contributed by atoms with Gasteiger partial charge in [-0.05, 0) is 69.8 Å². The summed E-state index contributed by atoms with van der Waals surface area (Å²) < 4.78 is 0. The summed E-state index contributed by atoms with van der Waals surface area (Å²) in [6.07, 6.45) is 5.23. The first-order valence-electron chi connectivity index (χ1n) is 10.1. The third-order valence-electron chi connectivity index (χ3n) is 4.95. The summed E-state index contributed by atoms with van der Waals surface area (Å²) in [5.41, 5.74) is 2.52. The minimum absolute atomic E-state index is 0.213. The number of rotatable bonds is 7. The zero-order valence-electron chi connectivity index (χ0n) is 17.1. The van der Waals surface area contributed by atoms with Crippen LogP contribution in [0.2, 0.25) is 0 Å². The molecule has 154 valence electrons. The van der Waals surface area contributed by atoms with E-state index in [4.69, 9.17) is 0 Å². The maximum Gasteiger partial charge on any atom is 0.274 e. The maximum atomic E-state index is 12.6. The minimum atomic E-state index is -0.335. The van der Waals surface area contributed by atoms with Crippen LogP contribution in [0.1, 0.15) is 40.1 Å². The molecule has 1 aliphatic heterocycles. The number of carbonyl (C=O) groups excluding carboxylic acids is 2. The van der Waals surface area contributed by atoms with Crippen molar-refractivity contribution in [3.05, 3.63) is 53.9 Å². The Bertz CT molecular complexity index is 829. The lowest BCUT2D eigenvalue weighted by Gasteiger charge is -2.28. The van der Waals surface area contributed by atoms with Crippen molar-refractivity contribution in [3.8, 4) is 0 Å². The fraction of sp³-hybridized carbons (Fsp3) is 0.409. The highest BCUT2D eigenvalue weighted by atomic mass is 16.2. The standard InChI is InChI=1S/C22H29N5O2/c1-26(2)15-12-24-21(28)17-10-11-23-20(16-17)22(29)25-18-6-8-19(9-7-18)27-13-4-3-5-14-27/h6-11,16H,3-5,12-15H2,1-2H3,(H,24,28)(H,25,29). The molecule has 1 aromatic heterocycles. The highest BCUT2D eigenvalue weighted by molar-refractivity contribution is 6.04. The van der Waals surface area contributed by atoms with Gasteiger partial charge in [-0.25, -0.2) is 0 Å². The Hall–Kier alpha value is -2.93. The van der Waals surface area contributed by atoms with Crippen molar-refractivity contribution in [3.63, 3.8) is 0 Å². The van der Waals surface area contributed by atoms with E-state index in [0.29, 0.717) is 17.8 Å². The van der Waals surface area contributed by atoms with E-state index in [-0.39, 0.29) is 17.5 Å². The summed E-state index contributed by atoms with van der Waals surface area (Å²) in [5, 5.41) is 5.69. The number of pyridine rings is 1. The van der Waals surface area contributed by atoms with Gasteiger partial charge in [0.2, 0.25) is 0 Å². The first-order valence-corrected chi connectivity index (χ1v) is 10.1. The Morgan fingerprint density at radius 2 is 1.76 bits per heavy atom. The van der Waals surface area contributed by atoms with Gasteiger partial charge in [0.25, 0.3) is 11.8 Å². The van der Waals surface area contributed by atoms with Crippen molar-refractivity contribution < 1.29 is 9.59 Å². The monoisotopic (exact) mass is 395 g/mol. The Labute approximate surface area is 172 Å². The van der Waals surface area contributed by atoms with Gasteiger partial charge >= 0.3 is 0 Å². The average Bonchev–Trinajstić information content (AvgIpc) is 2.74. The first kappa shape index (κ1) is 20.8. The van der Waals surface area contributed by atoms with Gasteiger partial charge in [-0.15, -0.1) is 0 Å². The van der Waals surface area contributed by atoms with Crippen LogP contribution in [0.5, 0.6) is 0 Å². The summed E-state index contributed by atoms with van der Waals surface area (Å²) in [6.45, 7) is 3.45. The summed E-state index contributed by atoms with van der Waals surface area (Å²) >= 11 is 0. The van der Waals surface area contributed by atoms with Gasteiger partial charge in [0.1, 0.15) is 5.69 Å². The van der Waals surface area contributed by atoms with Gasteiger partial charge in [0.05, 0.1) is 0 Å². The van der Waals surface area contributed by atoms with Crippen LogP contribution >= 0.6 is 0 Å². The molecule has 1 saturated heterocycles. The van der Waals surface area contributed by atoms with E-state index in [0.717, 1.165) is 19.6 Å². The summed E-state index contributed by atoms with van der Waals surface area (Å²) in [4.78, 5) is 33.3. The van der Waals surface area contributed by atoms with Crippen molar-refractivity contribution in [1.82, 2.24) is 15.2 Å². The molecule has 0 saturated carbocycles. The van der Waals surface area contributed by atoms with Gasteiger partial charge in [0, 0.05) is 49.3 Å². The molecule has 2 heterocycles. The molecule has 29 heavy (non-hydrogen) atoms. The second-order valence-electron chi connectivity index (χ2n) is 7.54. The van der Waals surface area contributed by atoms with E-state index < -0.39 is 0 Å². The first-order chi connectivity index (χ1) is 14.0. The molecule has 7 heteroatoms. The van der Waals surface area contributed by atoms with Crippen molar-refractivity contribution >= 4 is 23.2 Å². The number of carbonyl (C=O) groups is 2. The SMILES string of the molecule is CN(C)CCNC(=O)c1ccnc(C(=O)Nc2ccc(N3CCCCC3)cc2)c1. The maximum absolute atomic E-state index is 12.6. The lowest BCUT2D eigenvalue weighted by molar-refractivity contribution is 0.0951. The fourth-order valence-corrected chi connectivity index (χ4v) is 3.29. The van der Waals surface area contributed by atoms with E-state index >= 15 is 0 Å². The van der Waals surface area contributed by atoms with Crippen LogP contribution in [0.4, 0.5) is 11.4 Å². The summed E-state index contributed by atoms with van der Waals surface area (Å²) in [7, 11) is 3.89. The smallest absolute Gasteiger partial charge is 0.274 e. The van der Waals surface area contributed by atoms with E-state index in [1.807, 2.05) is 43.3 Å². The molecular weight excluding hydrogens is 366 g/mol. The van der Waals surface area contributed by atoms with Gasteiger partial charge < -0.3 is 20.4 Å². The molecule has 3 rings (SSSR count). The molecule has 2 aromatic rings. The number of hydrogen-bond donors (Lipinski definition) is 2. The normalized spacial score (nSPS) is 14.0. The number of amides is 2. The van der Waals surface area contributed by atoms with Crippen molar-refractivity contribution in [2.75, 3.05) is 50.5 Å². The van der Waals surface area contributed by atoms with Gasteiger partial charge in [-0.3, -0.25) is 14.6 Å². The number of benzene rings is 1. The highest BCUT2D eigenvalue weighted by Gasteiger charge is 2.13. The van der Waals surface area contributed by atoms with Gasteiger partial charge in [-0.1, -0.05) is 0 Å². The topological polar surface area (TPSA) is 77.6 Å². The summed E-state index contributed by atoms with van der Waals surface area (Å²) in [6, 6.07) is 11.0. The van der Waals surface area contributed by atoms with Crippen molar-refractivity contribution in [2.45, 2.75) is 19.3 Å². The second kappa shape index (κ2) is 10.0. The molecule has 1 fully saturated rings. The van der Waals surface area contributed by atoms with E-state index in [9.17, 15) is 9.59 Å². The zero-order valence-corrected chi connectivity index (χ0v) is 17.1. The Kier molecular flexibility index (Phi) is 7.19. The predicted molar refractivity (Wildman–Crippen MR) is 116 cm³/mol. The Morgan fingerprint density at radius 1 is 1.03 bits per heavy atom.